The molecule has 3 nitrogen and oxygen atoms in total. The summed E-state index contributed by atoms with van der Waals surface area (Å²) in [6.45, 7) is 7.84. The fraction of sp³-hybridized carbons (Fsp3) is 0.750. The predicted molar refractivity (Wildman–Crippen MR) is 77.5 cm³/mol. The van der Waals surface area contributed by atoms with Crippen LogP contribution in [0.3, 0.4) is 0 Å². The summed E-state index contributed by atoms with van der Waals surface area (Å²) in [5, 5.41) is 5.30. The third kappa shape index (κ3) is 3.06. The van der Waals surface area contributed by atoms with Crippen LogP contribution in [0.4, 0.5) is 0 Å². The van der Waals surface area contributed by atoms with Gasteiger partial charge in [-0.1, -0.05) is 13.8 Å². The van der Waals surface area contributed by atoms with E-state index in [1.165, 1.54) is 34.7 Å². The molecule has 0 aromatic carbocycles. The Morgan fingerprint density at radius 2 is 2.29 bits per heavy atom. The van der Waals surface area contributed by atoms with Gasteiger partial charge in [0, 0.05) is 37.7 Å². The molecule has 0 N–H and O–H groups in total. The van der Waals surface area contributed by atoms with Gasteiger partial charge in [0.25, 0.3) is 0 Å². The minimum absolute atomic E-state index is 0.751. The van der Waals surface area contributed by atoms with Gasteiger partial charge in [0.2, 0.25) is 0 Å². The first-order chi connectivity index (χ1) is 8.11. The number of halogens is 1. The molecular formula is C12H20BrN3S. The van der Waals surface area contributed by atoms with E-state index in [4.69, 9.17) is 0 Å². The van der Waals surface area contributed by atoms with Crippen LogP contribution in [0, 0.1) is 0 Å². The maximum atomic E-state index is 4.55. The number of aromatic nitrogens is 2. The van der Waals surface area contributed by atoms with E-state index in [0.717, 1.165) is 18.2 Å². The van der Waals surface area contributed by atoms with Gasteiger partial charge in [-0.05, 0) is 22.4 Å². The number of hydrogen-bond acceptors (Lipinski definition) is 3. The maximum Gasteiger partial charge on any atom is 0.0767 e. The van der Waals surface area contributed by atoms with Crippen molar-refractivity contribution in [1.82, 2.24) is 14.7 Å². The SMILES string of the molecule is CCc1nn(C)c(CN2CCSC(C)C2)c1Br. The lowest BCUT2D eigenvalue weighted by molar-refractivity contribution is 0.270. The quantitative estimate of drug-likeness (QED) is 0.855. The first-order valence-corrected chi connectivity index (χ1v) is 8.00. The average molecular weight is 318 g/mol. The van der Waals surface area contributed by atoms with E-state index in [9.17, 15) is 0 Å². The van der Waals surface area contributed by atoms with Crippen molar-refractivity contribution in [3.63, 3.8) is 0 Å². The van der Waals surface area contributed by atoms with Gasteiger partial charge in [-0.25, -0.2) is 0 Å². The van der Waals surface area contributed by atoms with E-state index in [-0.39, 0.29) is 0 Å². The summed E-state index contributed by atoms with van der Waals surface area (Å²) < 4.78 is 3.23. The molecule has 5 heteroatoms. The Labute approximate surface area is 116 Å². The Kier molecular flexibility index (Phi) is 4.55. The van der Waals surface area contributed by atoms with Gasteiger partial charge < -0.3 is 0 Å². The highest BCUT2D eigenvalue weighted by Gasteiger charge is 2.20. The highest BCUT2D eigenvalue weighted by Crippen LogP contribution is 2.25. The van der Waals surface area contributed by atoms with Gasteiger partial charge in [0.05, 0.1) is 15.9 Å². The molecule has 1 saturated heterocycles. The lowest BCUT2D eigenvalue weighted by Gasteiger charge is -2.30. The van der Waals surface area contributed by atoms with E-state index in [1.807, 2.05) is 11.7 Å². The van der Waals surface area contributed by atoms with Gasteiger partial charge in [0.1, 0.15) is 0 Å². The molecule has 2 rings (SSSR count). The van der Waals surface area contributed by atoms with Crippen LogP contribution in [0.15, 0.2) is 4.47 Å². The molecule has 1 fully saturated rings. The molecule has 96 valence electrons. The van der Waals surface area contributed by atoms with Gasteiger partial charge >= 0.3 is 0 Å². The van der Waals surface area contributed by atoms with E-state index >= 15 is 0 Å². The Balaban J connectivity index is 2.10. The summed E-state index contributed by atoms with van der Waals surface area (Å²) in [5.74, 6) is 1.25. The van der Waals surface area contributed by atoms with Crippen LogP contribution in [0.1, 0.15) is 25.2 Å². The fourth-order valence-electron chi connectivity index (χ4n) is 2.24. The topological polar surface area (TPSA) is 21.1 Å². The molecule has 1 aliphatic heterocycles. The van der Waals surface area contributed by atoms with Crippen molar-refractivity contribution in [2.24, 2.45) is 7.05 Å². The smallest absolute Gasteiger partial charge is 0.0767 e. The number of aryl methyl sites for hydroxylation is 2. The van der Waals surface area contributed by atoms with Gasteiger partial charge in [-0.15, -0.1) is 0 Å². The van der Waals surface area contributed by atoms with Crippen molar-refractivity contribution in [3.05, 3.63) is 15.9 Å². The molecule has 1 aromatic heterocycles. The monoisotopic (exact) mass is 317 g/mol. The normalized spacial score (nSPS) is 22.0. The van der Waals surface area contributed by atoms with Crippen molar-refractivity contribution in [2.45, 2.75) is 32.1 Å². The Hall–Kier alpha value is -0.000000000000000111. The van der Waals surface area contributed by atoms with Crippen molar-refractivity contribution in [1.29, 1.82) is 0 Å². The lowest BCUT2D eigenvalue weighted by atomic mass is 10.3. The number of hydrogen-bond donors (Lipinski definition) is 0. The van der Waals surface area contributed by atoms with Crippen LogP contribution < -0.4 is 0 Å². The molecule has 0 bridgehead atoms. The molecule has 1 aromatic rings. The summed E-state index contributed by atoms with van der Waals surface area (Å²) >= 11 is 5.76. The van der Waals surface area contributed by atoms with Gasteiger partial charge in [-0.2, -0.15) is 16.9 Å². The van der Waals surface area contributed by atoms with Crippen LogP contribution in [-0.4, -0.2) is 38.8 Å². The second kappa shape index (κ2) is 5.76. The predicted octanol–water partition coefficient (Wildman–Crippen LogP) is 2.68. The zero-order valence-corrected chi connectivity index (χ0v) is 13.1. The van der Waals surface area contributed by atoms with Crippen LogP contribution in [-0.2, 0) is 20.0 Å². The second-order valence-electron chi connectivity index (χ2n) is 4.60. The fourth-order valence-corrected chi connectivity index (χ4v) is 4.06. The summed E-state index contributed by atoms with van der Waals surface area (Å²) in [6.07, 6.45) is 0.987. The molecule has 0 radical (unpaired) electrons. The van der Waals surface area contributed by atoms with Gasteiger partial charge in [0.15, 0.2) is 0 Å². The molecule has 0 saturated carbocycles. The van der Waals surface area contributed by atoms with E-state index in [1.54, 1.807) is 0 Å². The van der Waals surface area contributed by atoms with Crippen molar-refractivity contribution in [3.8, 4) is 0 Å². The van der Waals surface area contributed by atoms with Crippen molar-refractivity contribution in [2.75, 3.05) is 18.8 Å². The van der Waals surface area contributed by atoms with Crippen molar-refractivity contribution < 1.29 is 0 Å². The molecule has 1 atom stereocenters. The molecule has 17 heavy (non-hydrogen) atoms. The van der Waals surface area contributed by atoms with Crippen LogP contribution in [0.5, 0.6) is 0 Å². The maximum absolute atomic E-state index is 4.55. The Morgan fingerprint density at radius 1 is 1.53 bits per heavy atom. The standard InChI is InChI=1S/C12H20BrN3S/c1-4-10-12(13)11(15(3)14-10)8-16-5-6-17-9(2)7-16/h9H,4-8H2,1-3H3. The molecular weight excluding hydrogens is 298 g/mol. The summed E-state index contributed by atoms with van der Waals surface area (Å²) in [6, 6.07) is 0. The zero-order chi connectivity index (χ0) is 12.4. The lowest BCUT2D eigenvalue weighted by Crippen LogP contribution is -2.36. The molecule has 0 spiro atoms. The summed E-state index contributed by atoms with van der Waals surface area (Å²) in [7, 11) is 2.04. The highest BCUT2D eigenvalue weighted by atomic mass is 79.9. The summed E-state index contributed by atoms with van der Waals surface area (Å²) in [5.41, 5.74) is 2.47. The van der Waals surface area contributed by atoms with E-state index in [0.29, 0.717) is 0 Å². The largest absolute Gasteiger partial charge is 0.296 e. The van der Waals surface area contributed by atoms with Gasteiger partial charge in [-0.3, -0.25) is 9.58 Å². The summed E-state index contributed by atoms with van der Waals surface area (Å²) in [4.78, 5) is 2.53. The first-order valence-electron chi connectivity index (χ1n) is 6.16. The zero-order valence-electron chi connectivity index (χ0n) is 10.7. The Bertz CT molecular complexity index is 391. The van der Waals surface area contributed by atoms with Crippen LogP contribution >= 0.6 is 27.7 Å². The molecule has 0 aliphatic carbocycles. The first kappa shape index (κ1) is 13.4. The van der Waals surface area contributed by atoms with E-state index < -0.39 is 0 Å². The minimum atomic E-state index is 0.751. The third-order valence-corrected chi connectivity index (χ3v) is 5.25. The molecule has 1 aliphatic rings. The Morgan fingerprint density at radius 3 is 2.88 bits per heavy atom. The van der Waals surface area contributed by atoms with Crippen LogP contribution in [0.25, 0.3) is 0 Å². The minimum Gasteiger partial charge on any atom is -0.296 e. The average Bonchev–Trinajstić information content (AvgIpc) is 2.56. The second-order valence-corrected chi connectivity index (χ2v) is 6.94. The molecule has 0 amide bonds. The number of nitrogens with zero attached hydrogens (tertiary/aromatic N) is 3. The van der Waals surface area contributed by atoms with Crippen LogP contribution in [0.2, 0.25) is 0 Å². The van der Waals surface area contributed by atoms with E-state index in [2.05, 4.69) is 51.5 Å². The number of rotatable bonds is 3. The molecule has 2 heterocycles. The number of thioether (sulfide) groups is 1. The van der Waals surface area contributed by atoms with Crippen molar-refractivity contribution >= 4 is 27.7 Å². The molecule has 1 unspecified atom stereocenters. The highest BCUT2D eigenvalue weighted by molar-refractivity contribution is 9.10. The third-order valence-electron chi connectivity index (χ3n) is 3.20.